The quantitative estimate of drug-likeness (QED) is 0.169. The average molecular weight is 679 g/mol. The van der Waals surface area contributed by atoms with Crippen LogP contribution in [-0.4, -0.2) is 0 Å². The van der Waals surface area contributed by atoms with E-state index in [0.717, 1.165) is 5.56 Å². The molecule has 0 bridgehead atoms. The molecule has 1 nitrogen and oxygen atoms in total. The number of hydrogen-bond acceptors (Lipinski definition) is 2. The molecular weight excluding hydrogens is 649 g/mol. The molecule has 0 spiro atoms. The molecule has 0 saturated carbocycles. The Morgan fingerprint density at radius 1 is 0.327 bits per heavy atom. The summed E-state index contributed by atoms with van der Waals surface area (Å²) in [4.78, 5) is 0. The predicted octanol–water partition coefficient (Wildman–Crippen LogP) is 14.9. The maximum absolute atomic E-state index is 5.57. The van der Waals surface area contributed by atoms with Gasteiger partial charge in [-0.25, -0.2) is 0 Å². The first kappa shape index (κ1) is 29.3. The smallest absolute Gasteiger partial charge is 0.0981 e. The fraction of sp³-hybridized carbons (Fsp3) is 0. The highest BCUT2D eigenvalue weighted by atomic mass is 32.1. The Balaban J connectivity index is 1.19. The third-order valence-corrected chi connectivity index (χ3v) is 11.9. The van der Waals surface area contributed by atoms with Crippen molar-refractivity contribution in [3.05, 3.63) is 182 Å². The first-order valence-corrected chi connectivity index (χ1v) is 18.6. The molecule has 0 amide bonds. The molecule has 2 heteroatoms. The average Bonchev–Trinajstić information content (AvgIpc) is 3.87. The van der Waals surface area contributed by atoms with Gasteiger partial charge in [0.05, 0.1) is 12.5 Å². The summed E-state index contributed by atoms with van der Waals surface area (Å²) in [6, 6.07) is 62.4. The van der Waals surface area contributed by atoms with Crippen LogP contribution in [0.25, 0.3) is 108 Å². The van der Waals surface area contributed by atoms with Crippen molar-refractivity contribution in [1.29, 1.82) is 0 Å². The van der Waals surface area contributed by atoms with Crippen molar-refractivity contribution in [2.75, 3.05) is 0 Å². The largest absolute Gasteiger partial charge is 0.472 e. The van der Waals surface area contributed by atoms with Crippen LogP contribution >= 0.6 is 11.3 Å². The summed E-state index contributed by atoms with van der Waals surface area (Å²) in [7, 11) is 0. The summed E-state index contributed by atoms with van der Waals surface area (Å²) >= 11 is 1.89. The molecule has 0 aliphatic rings. The van der Waals surface area contributed by atoms with Crippen molar-refractivity contribution in [3.63, 3.8) is 0 Å². The number of thiophene rings is 1. The third-order valence-electron chi connectivity index (χ3n) is 10.8. The lowest BCUT2D eigenvalue weighted by Crippen LogP contribution is -1.91. The predicted molar refractivity (Wildman–Crippen MR) is 223 cm³/mol. The molecule has 11 rings (SSSR count). The summed E-state index contributed by atoms with van der Waals surface area (Å²) in [5.41, 5.74) is 9.93. The van der Waals surface area contributed by atoms with Crippen LogP contribution in [0.3, 0.4) is 0 Å². The SMILES string of the molecule is c1ccc(-c2c3ccccc3c(-c3cccc4sc5cc(-c6c7ccccc7c(-c7ccoc7)c7ccccc67)ccc5c34)c3ccccc23)cc1. The lowest BCUT2D eigenvalue weighted by atomic mass is 9.84. The highest BCUT2D eigenvalue weighted by Gasteiger charge is 2.21. The van der Waals surface area contributed by atoms with Gasteiger partial charge in [-0.3, -0.25) is 0 Å². The van der Waals surface area contributed by atoms with E-state index in [4.69, 9.17) is 4.42 Å². The van der Waals surface area contributed by atoms with Crippen molar-refractivity contribution in [2.24, 2.45) is 0 Å². The van der Waals surface area contributed by atoms with Crippen molar-refractivity contribution >= 4 is 74.6 Å². The molecule has 0 aliphatic heterocycles. The molecule has 0 aliphatic carbocycles. The summed E-state index contributed by atoms with van der Waals surface area (Å²) in [5.74, 6) is 0. The van der Waals surface area contributed by atoms with E-state index in [-0.39, 0.29) is 0 Å². The molecule has 2 aromatic heterocycles. The molecule has 242 valence electrons. The van der Waals surface area contributed by atoms with E-state index in [1.54, 1.807) is 6.26 Å². The summed E-state index contributed by atoms with van der Waals surface area (Å²) < 4.78 is 8.17. The third kappa shape index (κ3) is 4.28. The zero-order valence-electron chi connectivity index (χ0n) is 28.1. The van der Waals surface area contributed by atoms with Gasteiger partial charge in [-0.05, 0) is 94.7 Å². The van der Waals surface area contributed by atoms with E-state index in [1.165, 1.54) is 102 Å². The molecule has 0 fully saturated rings. The van der Waals surface area contributed by atoms with Gasteiger partial charge < -0.3 is 4.42 Å². The van der Waals surface area contributed by atoms with Crippen LogP contribution in [0.5, 0.6) is 0 Å². The maximum atomic E-state index is 5.57. The van der Waals surface area contributed by atoms with Gasteiger partial charge in [0, 0.05) is 31.3 Å². The molecular formula is C50H30OS. The first-order valence-electron chi connectivity index (χ1n) is 17.7. The Kier molecular flexibility index (Phi) is 6.49. The molecule has 0 N–H and O–H groups in total. The van der Waals surface area contributed by atoms with Gasteiger partial charge in [-0.2, -0.15) is 0 Å². The van der Waals surface area contributed by atoms with Crippen LogP contribution in [0.4, 0.5) is 0 Å². The molecule has 11 aromatic rings. The van der Waals surface area contributed by atoms with Crippen molar-refractivity contribution in [1.82, 2.24) is 0 Å². The fourth-order valence-corrected chi connectivity index (χ4v) is 9.85. The zero-order chi connectivity index (χ0) is 34.2. The topological polar surface area (TPSA) is 13.1 Å². The van der Waals surface area contributed by atoms with Crippen LogP contribution in [0.1, 0.15) is 0 Å². The summed E-state index contributed by atoms with van der Waals surface area (Å²) in [6.45, 7) is 0. The standard InChI is InChI=1S/C50H30OS/c1-2-13-31(14-3-1)46-38-19-8-10-21-40(38)49(41-22-11-9-20-39(41)46)43-23-12-24-44-50(43)42-26-25-32(29-45(42)52-44)47-34-15-4-6-17-36(34)48(33-27-28-51-30-33)37-18-7-5-16-35(37)47/h1-30H. The Bertz CT molecular complexity index is 3050. The Morgan fingerprint density at radius 2 is 0.827 bits per heavy atom. The van der Waals surface area contributed by atoms with Crippen molar-refractivity contribution < 1.29 is 4.42 Å². The number of hydrogen-bond donors (Lipinski definition) is 0. The van der Waals surface area contributed by atoms with Crippen LogP contribution in [0.2, 0.25) is 0 Å². The van der Waals surface area contributed by atoms with Crippen LogP contribution in [-0.2, 0) is 0 Å². The highest BCUT2D eigenvalue weighted by Crippen LogP contribution is 2.49. The van der Waals surface area contributed by atoms with Crippen LogP contribution < -0.4 is 0 Å². The lowest BCUT2D eigenvalue weighted by Gasteiger charge is -2.18. The second kappa shape index (κ2) is 11.5. The van der Waals surface area contributed by atoms with E-state index in [2.05, 4.69) is 170 Å². The van der Waals surface area contributed by atoms with Crippen LogP contribution in [0, 0.1) is 0 Å². The van der Waals surface area contributed by atoms with Gasteiger partial charge in [0.15, 0.2) is 0 Å². The number of rotatable bonds is 4. The zero-order valence-corrected chi connectivity index (χ0v) is 29.0. The Morgan fingerprint density at radius 3 is 1.37 bits per heavy atom. The molecule has 9 aromatic carbocycles. The molecule has 2 heterocycles. The van der Waals surface area contributed by atoms with E-state index >= 15 is 0 Å². The van der Waals surface area contributed by atoms with Crippen molar-refractivity contribution in [3.8, 4) is 44.5 Å². The monoisotopic (exact) mass is 678 g/mol. The molecule has 0 radical (unpaired) electrons. The number of fused-ring (bicyclic) bond motifs is 7. The van der Waals surface area contributed by atoms with Gasteiger partial charge in [0.2, 0.25) is 0 Å². The van der Waals surface area contributed by atoms with Gasteiger partial charge in [-0.15, -0.1) is 11.3 Å². The van der Waals surface area contributed by atoms with E-state index in [1.807, 2.05) is 17.6 Å². The summed E-state index contributed by atoms with van der Waals surface area (Å²) in [6.07, 6.45) is 3.62. The van der Waals surface area contributed by atoms with E-state index in [0.29, 0.717) is 0 Å². The van der Waals surface area contributed by atoms with E-state index in [9.17, 15) is 0 Å². The number of furan rings is 1. The van der Waals surface area contributed by atoms with Gasteiger partial charge >= 0.3 is 0 Å². The highest BCUT2D eigenvalue weighted by molar-refractivity contribution is 7.26. The van der Waals surface area contributed by atoms with Gasteiger partial charge in [0.1, 0.15) is 0 Å². The molecule has 0 unspecified atom stereocenters. The second-order valence-corrected chi connectivity index (χ2v) is 14.6. The Labute approximate surface area is 304 Å². The van der Waals surface area contributed by atoms with Crippen LogP contribution in [0.15, 0.2) is 187 Å². The van der Waals surface area contributed by atoms with Gasteiger partial charge in [0.25, 0.3) is 0 Å². The molecule has 52 heavy (non-hydrogen) atoms. The lowest BCUT2D eigenvalue weighted by molar-refractivity contribution is 0.568. The maximum Gasteiger partial charge on any atom is 0.0981 e. The van der Waals surface area contributed by atoms with Crippen molar-refractivity contribution in [2.45, 2.75) is 0 Å². The van der Waals surface area contributed by atoms with Gasteiger partial charge in [-0.1, -0.05) is 152 Å². The minimum Gasteiger partial charge on any atom is -0.472 e. The normalized spacial score (nSPS) is 11.8. The minimum atomic E-state index is 1.10. The number of benzene rings is 9. The second-order valence-electron chi connectivity index (χ2n) is 13.6. The van der Waals surface area contributed by atoms with E-state index < -0.39 is 0 Å². The Hall–Kier alpha value is -6.48. The molecule has 0 saturated heterocycles. The minimum absolute atomic E-state index is 1.10. The first-order chi connectivity index (χ1) is 25.8. The molecule has 0 atom stereocenters. The fourth-order valence-electron chi connectivity index (χ4n) is 8.68. The summed E-state index contributed by atoms with van der Waals surface area (Å²) in [5, 5.41) is 12.7.